The Morgan fingerprint density at radius 2 is 1.43 bits per heavy atom. The van der Waals surface area contributed by atoms with Crippen LogP contribution in [0.4, 0.5) is 0 Å². The number of para-hydroxylation sites is 1. The summed E-state index contributed by atoms with van der Waals surface area (Å²) in [5.41, 5.74) is 3.01. The van der Waals surface area contributed by atoms with Gasteiger partial charge in [-0.2, -0.15) is 0 Å². The van der Waals surface area contributed by atoms with Gasteiger partial charge in [0.25, 0.3) is 0 Å². The van der Waals surface area contributed by atoms with Crippen LogP contribution >= 0.6 is 0 Å². The highest BCUT2D eigenvalue weighted by Crippen LogP contribution is 2.28. The van der Waals surface area contributed by atoms with E-state index in [0.29, 0.717) is 18.9 Å². The molecule has 0 aromatic heterocycles. The number of rotatable bonds is 11. The minimum Gasteiger partial charge on any atom is -0.493 e. The van der Waals surface area contributed by atoms with Crippen LogP contribution in [0.1, 0.15) is 29.7 Å². The molecule has 0 aliphatic carbocycles. The van der Waals surface area contributed by atoms with E-state index in [-0.39, 0.29) is 6.04 Å². The van der Waals surface area contributed by atoms with E-state index < -0.39 is 18.0 Å². The molecule has 9 heteroatoms. The summed E-state index contributed by atoms with van der Waals surface area (Å²) in [5.74, 6) is -1.51. The molecule has 9 nitrogen and oxygen atoms in total. The van der Waals surface area contributed by atoms with Crippen molar-refractivity contribution in [2.75, 3.05) is 20.8 Å². The number of aliphatic hydroxyl groups excluding tert-OH is 1. The lowest BCUT2D eigenvalue weighted by atomic mass is 10.0. The van der Waals surface area contributed by atoms with Gasteiger partial charge in [-0.15, -0.1) is 0 Å². The first-order valence-electron chi connectivity index (χ1n) is 11.6. The van der Waals surface area contributed by atoms with E-state index in [0.717, 1.165) is 34.6 Å². The van der Waals surface area contributed by atoms with Crippen LogP contribution in [-0.4, -0.2) is 54.1 Å². The number of hydrogen-bond acceptors (Lipinski definition) is 7. The Morgan fingerprint density at radius 3 is 2.05 bits per heavy atom. The summed E-state index contributed by atoms with van der Waals surface area (Å²) in [6, 6.07) is 23.8. The third kappa shape index (κ3) is 9.83. The van der Waals surface area contributed by atoms with E-state index in [1.54, 1.807) is 14.2 Å². The first kappa shape index (κ1) is 29.2. The third-order valence-electron chi connectivity index (χ3n) is 5.35. The molecule has 0 bridgehead atoms. The highest BCUT2D eigenvalue weighted by Gasteiger charge is 2.15. The first-order chi connectivity index (χ1) is 17.7. The summed E-state index contributed by atoms with van der Waals surface area (Å²) in [5, 5.41) is 29.0. The molecule has 3 rings (SSSR count). The van der Waals surface area contributed by atoms with Crippen LogP contribution in [0, 0.1) is 0 Å². The molecule has 0 radical (unpaired) electrons. The summed E-state index contributed by atoms with van der Waals surface area (Å²) < 4.78 is 16.7. The number of methoxy groups -OCH3 is 2. The average molecular weight is 512 g/mol. The van der Waals surface area contributed by atoms with E-state index in [9.17, 15) is 5.11 Å². The fourth-order valence-corrected chi connectivity index (χ4v) is 3.48. The highest BCUT2D eigenvalue weighted by molar-refractivity contribution is 6.27. The molecule has 0 fully saturated rings. The van der Waals surface area contributed by atoms with Crippen LogP contribution in [0.3, 0.4) is 0 Å². The van der Waals surface area contributed by atoms with Crippen molar-refractivity contribution < 1.29 is 39.1 Å². The Morgan fingerprint density at radius 1 is 0.811 bits per heavy atom. The zero-order chi connectivity index (χ0) is 27.2. The van der Waals surface area contributed by atoms with E-state index in [1.165, 1.54) is 0 Å². The number of hydrogen-bond donors (Lipinski definition) is 4. The SMILES string of the molecule is COc1ccc(CC(C)NCC(O)c2ccccc2OCc2ccccc2)cc1OC.O=C(O)C(=O)O. The van der Waals surface area contributed by atoms with Gasteiger partial charge < -0.3 is 34.8 Å². The second kappa shape index (κ2) is 15.1. The molecule has 198 valence electrons. The zero-order valence-corrected chi connectivity index (χ0v) is 21.1. The maximum Gasteiger partial charge on any atom is 0.414 e. The fourth-order valence-electron chi connectivity index (χ4n) is 3.48. The summed E-state index contributed by atoms with van der Waals surface area (Å²) in [7, 11) is 3.27. The molecular formula is C28H33NO8. The van der Waals surface area contributed by atoms with Gasteiger partial charge in [-0.05, 0) is 42.7 Å². The lowest BCUT2D eigenvalue weighted by molar-refractivity contribution is -0.159. The monoisotopic (exact) mass is 511 g/mol. The molecule has 37 heavy (non-hydrogen) atoms. The maximum absolute atomic E-state index is 10.8. The number of benzene rings is 3. The summed E-state index contributed by atoms with van der Waals surface area (Å²) in [6.07, 6.45) is 0.138. The summed E-state index contributed by atoms with van der Waals surface area (Å²) in [6.45, 7) is 3.00. The van der Waals surface area contributed by atoms with Gasteiger partial charge in [0.05, 0.1) is 20.3 Å². The molecule has 2 atom stereocenters. The predicted molar refractivity (Wildman–Crippen MR) is 138 cm³/mol. The first-order valence-corrected chi connectivity index (χ1v) is 11.6. The van der Waals surface area contributed by atoms with Crippen LogP contribution in [-0.2, 0) is 22.6 Å². The quantitative estimate of drug-likeness (QED) is 0.284. The van der Waals surface area contributed by atoms with Gasteiger partial charge in [0.2, 0.25) is 0 Å². The van der Waals surface area contributed by atoms with Crippen molar-refractivity contribution in [3.8, 4) is 17.2 Å². The molecule has 2 unspecified atom stereocenters. The van der Waals surface area contributed by atoms with Crippen molar-refractivity contribution >= 4 is 11.9 Å². The van der Waals surface area contributed by atoms with Crippen LogP contribution < -0.4 is 19.5 Å². The van der Waals surface area contributed by atoms with Gasteiger partial charge in [-0.3, -0.25) is 0 Å². The lowest BCUT2D eigenvalue weighted by Crippen LogP contribution is -2.32. The van der Waals surface area contributed by atoms with Crippen molar-refractivity contribution in [3.05, 3.63) is 89.5 Å². The molecule has 0 aliphatic heterocycles. The van der Waals surface area contributed by atoms with Crippen molar-refractivity contribution in [1.82, 2.24) is 5.32 Å². The molecular weight excluding hydrogens is 478 g/mol. The number of carboxylic acids is 2. The molecule has 4 N–H and O–H groups in total. The molecule has 0 spiro atoms. The second-order valence-corrected chi connectivity index (χ2v) is 8.14. The van der Waals surface area contributed by atoms with Crippen LogP contribution in [0.15, 0.2) is 72.8 Å². The number of carboxylic acid groups (broad SMARTS) is 2. The zero-order valence-electron chi connectivity index (χ0n) is 21.1. The van der Waals surface area contributed by atoms with Crippen molar-refractivity contribution in [1.29, 1.82) is 0 Å². The third-order valence-corrected chi connectivity index (χ3v) is 5.35. The van der Waals surface area contributed by atoms with Crippen LogP contribution in [0.2, 0.25) is 0 Å². The Bertz CT molecular complexity index is 1120. The van der Waals surface area contributed by atoms with Gasteiger partial charge in [0.15, 0.2) is 11.5 Å². The predicted octanol–water partition coefficient (Wildman–Crippen LogP) is 3.69. The molecule has 3 aromatic carbocycles. The van der Waals surface area contributed by atoms with E-state index in [1.807, 2.05) is 72.8 Å². The molecule has 0 heterocycles. The Balaban J connectivity index is 0.000000717. The van der Waals surface area contributed by atoms with Gasteiger partial charge in [-0.1, -0.05) is 54.6 Å². The van der Waals surface area contributed by atoms with E-state index in [4.69, 9.17) is 34.0 Å². The molecule has 0 saturated heterocycles. The number of carbonyl (C=O) groups is 2. The highest BCUT2D eigenvalue weighted by atomic mass is 16.5. The van der Waals surface area contributed by atoms with Gasteiger partial charge in [-0.25, -0.2) is 9.59 Å². The number of ether oxygens (including phenoxy) is 3. The van der Waals surface area contributed by atoms with E-state index in [2.05, 4.69) is 12.2 Å². The smallest absolute Gasteiger partial charge is 0.414 e. The minimum absolute atomic E-state index is 0.171. The Labute approximate surface area is 216 Å². The number of aliphatic carboxylic acids is 2. The lowest BCUT2D eigenvalue weighted by Gasteiger charge is -2.20. The van der Waals surface area contributed by atoms with Crippen LogP contribution in [0.5, 0.6) is 17.2 Å². The van der Waals surface area contributed by atoms with Crippen molar-refractivity contribution in [2.24, 2.45) is 0 Å². The van der Waals surface area contributed by atoms with Gasteiger partial charge >= 0.3 is 11.9 Å². The fraction of sp³-hybridized carbons (Fsp3) is 0.286. The largest absolute Gasteiger partial charge is 0.493 e. The standard InChI is InChI=1S/C26H31NO4.C2H2O4/c1-19(15-21-13-14-25(29-2)26(16-21)30-3)27-17-23(28)22-11-7-8-12-24(22)31-18-20-9-5-4-6-10-20;3-1(4)2(5)6/h4-14,16,19,23,27-28H,15,17-18H2,1-3H3;(H,3,4)(H,5,6). The number of nitrogens with one attached hydrogen (secondary N) is 1. The minimum atomic E-state index is -1.82. The Hall–Kier alpha value is -4.08. The molecule has 0 amide bonds. The molecule has 0 aliphatic rings. The normalized spacial score (nSPS) is 11.9. The van der Waals surface area contributed by atoms with Gasteiger partial charge in [0, 0.05) is 18.2 Å². The van der Waals surface area contributed by atoms with Crippen molar-refractivity contribution in [3.63, 3.8) is 0 Å². The second-order valence-electron chi connectivity index (χ2n) is 8.14. The number of aliphatic hydroxyl groups is 1. The molecule has 3 aromatic rings. The van der Waals surface area contributed by atoms with Gasteiger partial charge in [0.1, 0.15) is 12.4 Å². The topological polar surface area (TPSA) is 135 Å². The van der Waals surface area contributed by atoms with E-state index >= 15 is 0 Å². The Kier molecular flexibility index (Phi) is 11.9. The average Bonchev–Trinajstić information content (AvgIpc) is 2.91. The summed E-state index contributed by atoms with van der Waals surface area (Å²) >= 11 is 0. The maximum atomic E-state index is 10.8. The van der Waals surface area contributed by atoms with Crippen LogP contribution in [0.25, 0.3) is 0 Å². The molecule has 0 saturated carbocycles. The van der Waals surface area contributed by atoms with Crippen molar-refractivity contribution in [2.45, 2.75) is 32.1 Å². The summed E-state index contributed by atoms with van der Waals surface area (Å²) in [4.78, 5) is 18.2.